The van der Waals surface area contributed by atoms with E-state index >= 15 is 0 Å². The number of rotatable bonds is 6. The predicted molar refractivity (Wildman–Crippen MR) is 95.0 cm³/mol. The molecule has 0 saturated carbocycles. The zero-order valence-corrected chi connectivity index (χ0v) is 15.0. The Hall–Kier alpha value is -1.92. The average molecular weight is 345 g/mol. The normalized spacial score (nSPS) is 21.2. The quantitative estimate of drug-likeness (QED) is 0.767. The molecule has 1 atom stereocenters. The van der Waals surface area contributed by atoms with Gasteiger partial charge in [-0.2, -0.15) is 0 Å². The standard InChI is InChI=1S/C19H27N3O3/c1-3-19(4-2)17(24)22(18(25)20-19)13-16(23)12-21-10-9-14-7-5-6-8-15(14)11-21/h5-8,16,23H,3-4,9-13H2,1-2H3,(H,20,25). The van der Waals surface area contributed by atoms with Gasteiger partial charge < -0.3 is 10.4 Å². The van der Waals surface area contributed by atoms with Crippen LogP contribution in [0.3, 0.4) is 0 Å². The first kappa shape index (κ1) is 17.9. The highest BCUT2D eigenvalue weighted by molar-refractivity contribution is 6.07. The van der Waals surface area contributed by atoms with Gasteiger partial charge in [-0.15, -0.1) is 0 Å². The second kappa shape index (κ2) is 7.14. The van der Waals surface area contributed by atoms with Crippen molar-refractivity contribution in [1.29, 1.82) is 0 Å². The van der Waals surface area contributed by atoms with E-state index in [-0.39, 0.29) is 12.5 Å². The van der Waals surface area contributed by atoms with E-state index in [0.717, 1.165) is 19.5 Å². The van der Waals surface area contributed by atoms with Crippen LogP contribution in [0.4, 0.5) is 4.79 Å². The number of hydrogen-bond acceptors (Lipinski definition) is 4. The summed E-state index contributed by atoms with van der Waals surface area (Å²) in [4.78, 5) is 28.1. The molecular weight excluding hydrogens is 318 g/mol. The molecule has 1 fully saturated rings. The number of aliphatic hydroxyl groups is 1. The number of imide groups is 1. The first-order valence-corrected chi connectivity index (χ1v) is 9.10. The molecule has 1 saturated heterocycles. The van der Waals surface area contributed by atoms with Crippen LogP contribution >= 0.6 is 0 Å². The van der Waals surface area contributed by atoms with Gasteiger partial charge >= 0.3 is 6.03 Å². The number of fused-ring (bicyclic) bond motifs is 1. The van der Waals surface area contributed by atoms with E-state index in [1.165, 1.54) is 16.0 Å². The van der Waals surface area contributed by atoms with E-state index in [9.17, 15) is 14.7 Å². The number of urea groups is 1. The lowest BCUT2D eigenvalue weighted by atomic mass is 9.93. The summed E-state index contributed by atoms with van der Waals surface area (Å²) >= 11 is 0. The highest BCUT2D eigenvalue weighted by Crippen LogP contribution is 2.25. The van der Waals surface area contributed by atoms with Gasteiger partial charge in [0.1, 0.15) is 5.54 Å². The highest BCUT2D eigenvalue weighted by atomic mass is 16.3. The van der Waals surface area contributed by atoms with Gasteiger partial charge in [0.2, 0.25) is 0 Å². The topological polar surface area (TPSA) is 72.9 Å². The van der Waals surface area contributed by atoms with Crippen LogP contribution < -0.4 is 5.32 Å². The maximum Gasteiger partial charge on any atom is 0.325 e. The molecule has 1 aromatic carbocycles. The van der Waals surface area contributed by atoms with E-state index in [1.807, 2.05) is 19.9 Å². The van der Waals surface area contributed by atoms with Crippen molar-refractivity contribution in [2.24, 2.45) is 0 Å². The number of carbonyl (C=O) groups is 2. The van der Waals surface area contributed by atoms with Crippen molar-refractivity contribution in [2.45, 2.75) is 51.3 Å². The van der Waals surface area contributed by atoms with Crippen molar-refractivity contribution in [2.75, 3.05) is 19.6 Å². The third-order valence-corrected chi connectivity index (χ3v) is 5.52. The Morgan fingerprint density at radius 3 is 2.48 bits per heavy atom. The van der Waals surface area contributed by atoms with Crippen molar-refractivity contribution in [3.8, 4) is 0 Å². The summed E-state index contributed by atoms with van der Waals surface area (Å²) in [7, 11) is 0. The minimum atomic E-state index is -0.805. The summed E-state index contributed by atoms with van der Waals surface area (Å²) in [5.41, 5.74) is 1.84. The fraction of sp³-hybridized carbons (Fsp3) is 0.579. The van der Waals surface area contributed by atoms with Gasteiger partial charge in [-0.3, -0.25) is 14.6 Å². The molecule has 1 unspecified atom stereocenters. The molecule has 2 aliphatic rings. The minimum absolute atomic E-state index is 0.0462. The zero-order valence-electron chi connectivity index (χ0n) is 15.0. The Bertz CT molecular complexity index is 657. The minimum Gasteiger partial charge on any atom is -0.390 e. The van der Waals surface area contributed by atoms with Gasteiger partial charge in [-0.25, -0.2) is 4.79 Å². The van der Waals surface area contributed by atoms with Gasteiger partial charge in [-0.05, 0) is 30.4 Å². The molecule has 0 aliphatic carbocycles. The summed E-state index contributed by atoms with van der Waals surface area (Å²) < 4.78 is 0. The molecular formula is C19H27N3O3. The fourth-order valence-corrected chi connectivity index (χ4v) is 3.85. The van der Waals surface area contributed by atoms with Gasteiger partial charge in [-0.1, -0.05) is 38.1 Å². The molecule has 3 amide bonds. The van der Waals surface area contributed by atoms with E-state index in [1.54, 1.807) is 0 Å². The Labute approximate surface area is 148 Å². The molecule has 1 aromatic rings. The van der Waals surface area contributed by atoms with Crippen LogP contribution in [-0.4, -0.2) is 58.1 Å². The number of carbonyl (C=O) groups excluding carboxylic acids is 2. The second-order valence-corrected chi connectivity index (χ2v) is 7.04. The van der Waals surface area contributed by atoms with Gasteiger partial charge in [0.15, 0.2) is 0 Å². The van der Waals surface area contributed by atoms with E-state index in [4.69, 9.17) is 0 Å². The summed E-state index contributed by atoms with van der Waals surface area (Å²) in [6, 6.07) is 7.94. The third-order valence-electron chi connectivity index (χ3n) is 5.52. The molecule has 25 heavy (non-hydrogen) atoms. The molecule has 2 aliphatic heterocycles. The third kappa shape index (κ3) is 3.41. The average Bonchev–Trinajstić information content (AvgIpc) is 2.86. The second-order valence-electron chi connectivity index (χ2n) is 7.04. The van der Waals surface area contributed by atoms with Crippen LogP contribution in [0.5, 0.6) is 0 Å². The Kier molecular flexibility index (Phi) is 5.11. The van der Waals surface area contributed by atoms with Gasteiger partial charge in [0.05, 0.1) is 12.6 Å². The van der Waals surface area contributed by atoms with Crippen molar-refractivity contribution < 1.29 is 14.7 Å². The van der Waals surface area contributed by atoms with Crippen LogP contribution in [-0.2, 0) is 17.8 Å². The van der Waals surface area contributed by atoms with Crippen LogP contribution in [0, 0.1) is 0 Å². The molecule has 2 N–H and O–H groups in total. The van der Waals surface area contributed by atoms with Crippen molar-refractivity contribution >= 4 is 11.9 Å². The molecule has 6 nitrogen and oxygen atoms in total. The molecule has 3 rings (SSSR count). The summed E-state index contributed by atoms with van der Waals surface area (Å²) in [5, 5.41) is 13.2. The molecule has 0 spiro atoms. The monoisotopic (exact) mass is 345 g/mol. The van der Waals surface area contributed by atoms with Gasteiger partial charge in [0.25, 0.3) is 5.91 Å². The molecule has 2 heterocycles. The number of hydrogen-bond donors (Lipinski definition) is 2. The lowest BCUT2D eigenvalue weighted by Gasteiger charge is -2.31. The van der Waals surface area contributed by atoms with E-state index < -0.39 is 17.7 Å². The first-order chi connectivity index (χ1) is 12.0. The fourth-order valence-electron chi connectivity index (χ4n) is 3.85. The van der Waals surface area contributed by atoms with Crippen molar-refractivity contribution in [1.82, 2.24) is 15.1 Å². The number of nitrogens with zero attached hydrogens (tertiary/aromatic N) is 2. The summed E-state index contributed by atoms with van der Waals surface area (Å²) in [5.74, 6) is -0.217. The number of nitrogens with one attached hydrogen (secondary N) is 1. The van der Waals surface area contributed by atoms with E-state index in [2.05, 4.69) is 28.4 Å². The largest absolute Gasteiger partial charge is 0.390 e. The molecule has 6 heteroatoms. The van der Waals surface area contributed by atoms with Crippen LogP contribution in [0.15, 0.2) is 24.3 Å². The summed E-state index contributed by atoms with van der Waals surface area (Å²) in [6.45, 7) is 5.96. The number of aliphatic hydroxyl groups excluding tert-OH is 1. The van der Waals surface area contributed by atoms with E-state index in [0.29, 0.717) is 19.4 Å². The Morgan fingerprint density at radius 1 is 1.16 bits per heavy atom. The molecule has 0 aromatic heterocycles. The maximum absolute atomic E-state index is 12.6. The lowest BCUT2D eigenvalue weighted by Crippen LogP contribution is -2.47. The predicted octanol–water partition coefficient (Wildman–Crippen LogP) is 1.52. The Morgan fingerprint density at radius 2 is 1.84 bits per heavy atom. The molecule has 0 radical (unpaired) electrons. The van der Waals surface area contributed by atoms with Crippen LogP contribution in [0.2, 0.25) is 0 Å². The lowest BCUT2D eigenvalue weighted by molar-refractivity contribution is -0.132. The smallest absolute Gasteiger partial charge is 0.325 e. The Balaban J connectivity index is 1.59. The van der Waals surface area contributed by atoms with Crippen LogP contribution in [0.1, 0.15) is 37.8 Å². The number of amides is 3. The van der Waals surface area contributed by atoms with Gasteiger partial charge in [0, 0.05) is 19.6 Å². The van der Waals surface area contributed by atoms with Crippen molar-refractivity contribution in [3.63, 3.8) is 0 Å². The van der Waals surface area contributed by atoms with Crippen molar-refractivity contribution in [3.05, 3.63) is 35.4 Å². The maximum atomic E-state index is 12.6. The van der Waals surface area contributed by atoms with Crippen LogP contribution in [0.25, 0.3) is 0 Å². The first-order valence-electron chi connectivity index (χ1n) is 9.10. The molecule has 136 valence electrons. The number of β-amino-alcohol motifs (C(OH)–C–C–N with tert-alkyl or cyclic N) is 1. The highest BCUT2D eigenvalue weighted by Gasteiger charge is 2.49. The molecule has 0 bridgehead atoms. The zero-order chi connectivity index (χ0) is 18.0. The SMILES string of the molecule is CCC1(CC)NC(=O)N(CC(O)CN2CCc3ccccc3C2)C1=O. The number of benzene rings is 1. The summed E-state index contributed by atoms with van der Waals surface area (Å²) in [6.07, 6.45) is 1.33.